The van der Waals surface area contributed by atoms with Crippen LogP contribution in [0.15, 0.2) is 49.1 Å². The first-order valence-corrected chi connectivity index (χ1v) is 6.86. The summed E-state index contributed by atoms with van der Waals surface area (Å²) in [5, 5.41) is 0. The van der Waals surface area contributed by atoms with E-state index in [1.165, 1.54) is 24.8 Å². The molecule has 0 N–H and O–H groups in total. The van der Waals surface area contributed by atoms with Crippen molar-refractivity contribution in [3.05, 3.63) is 49.1 Å². The van der Waals surface area contributed by atoms with Gasteiger partial charge in [0.1, 0.15) is 0 Å². The molecule has 1 aliphatic carbocycles. The summed E-state index contributed by atoms with van der Waals surface area (Å²) >= 11 is 0. The molecule has 0 aromatic carbocycles. The molecule has 0 heteroatoms. The smallest absolute Gasteiger partial charge is 0.0277 e. The van der Waals surface area contributed by atoms with Crippen LogP contribution in [0.3, 0.4) is 0 Å². The van der Waals surface area contributed by atoms with Crippen LogP contribution in [0, 0.1) is 5.41 Å². The van der Waals surface area contributed by atoms with Crippen molar-refractivity contribution in [1.82, 2.24) is 0 Å². The molecule has 0 aromatic heterocycles. The van der Waals surface area contributed by atoms with Gasteiger partial charge in [-0.25, -0.2) is 0 Å². The van der Waals surface area contributed by atoms with E-state index in [2.05, 4.69) is 53.0 Å². The van der Waals surface area contributed by atoms with Crippen molar-refractivity contribution in [3.8, 4) is 0 Å². The van der Waals surface area contributed by atoms with Crippen molar-refractivity contribution in [2.24, 2.45) is 5.41 Å². The molecule has 0 bridgehead atoms. The highest BCUT2D eigenvalue weighted by Gasteiger charge is 2.08. The zero-order valence-corrected chi connectivity index (χ0v) is 13.1. The first-order chi connectivity index (χ1) is 8.33. The highest BCUT2D eigenvalue weighted by Crippen LogP contribution is 2.22. The quantitative estimate of drug-likeness (QED) is 0.388. The predicted molar refractivity (Wildman–Crippen MR) is 86.9 cm³/mol. The molecule has 0 saturated heterocycles. The van der Waals surface area contributed by atoms with Gasteiger partial charge in [-0.1, -0.05) is 63.3 Å². The fraction of sp³-hybridized carbons (Fsp3) is 0.556. The van der Waals surface area contributed by atoms with Gasteiger partial charge in [-0.2, -0.15) is 0 Å². The van der Waals surface area contributed by atoms with Crippen LogP contribution >= 0.6 is 0 Å². The Balaban J connectivity index is 0. The first kappa shape index (κ1) is 19.3. The Morgan fingerprint density at radius 2 is 1.72 bits per heavy atom. The lowest BCUT2D eigenvalue weighted by molar-refractivity contribution is 0.410. The fourth-order valence-electron chi connectivity index (χ4n) is 1.63. The monoisotopic (exact) mass is 248 g/mol. The third kappa shape index (κ3) is 24.3. The Kier molecular flexibility index (Phi) is 13.3. The largest absolute Gasteiger partial charge is 0.100 e. The maximum Gasteiger partial charge on any atom is -0.0277 e. The molecule has 0 heterocycles. The molecule has 0 spiro atoms. The van der Waals surface area contributed by atoms with E-state index in [4.69, 9.17) is 0 Å². The van der Waals surface area contributed by atoms with Crippen molar-refractivity contribution in [3.63, 3.8) is 0 Å². The number of rotatable bonds is 2. The van der Waals surface area contributed by atoms with Crippen molar-refractivity contribution in [2.45, 2.75) is 60.3 Å². The van der Waals surface area contributed by atoms with Crippen molar-refractivity contribution < 1.29 is 0 Å². The van der Waals surface area contributed by atoms with Crippen LogP contribution in [0.4, 0.5) is 0 Å². The van der Waals surface area contributed by atoms with E-state index >= 15 is 0 Å². The summed E-state index contributed by atoms with van der Waals surface area (Å²) in [5.74, 6) is 0. The predicted octanol–water partition coefficient (Wildman–Crippen LogP) is 6.47. The lowest BCUT2D eigenvalue weighted by Crippen LogP contribution is -2.03. The van der Waals surface area contributed by atoms with Crippen LogP contribution in [0.2, 0.25) is 0 Å². The SMILES string of the molecule is C1=CCCC1.C=C(C)CC(C)(C)C.C=C/C=C/C. The fourth-order valence-corrected chi connectivity index (χ4v) is 1.63. The second-order valence-electron chi connectivity index (χ2n) is 5.86. The van der Waals surface area contributed by atoms with Gasteiger partial charge in [0.2, 0.25) is 0 Å². The number of hydrogen-bond acceptors (Lipinski definition) is 0. The van der Waals surface area contributed by atoms with Crippen LogP contribution in [0.5, 0.6) is 0 Å². The Morgan fingerprint density at radius 3 is 1.78 bits per heavy atom. The average Bonchev–Trinajstić information content (AvgIpc) is 2.73. The minimum absolute atomic E-state index is 0.422. The molecule has 0 nitrogen and oxygen atoms in total. The highest BCUT2D eigenvalue weighted by atomic mass is 14.1. The van der Waals surface area contributed by atoms with Gasteiger partial charge < -0.3 is 0 Å². The molecular weight excluding hydrogens is 216 g/mol. The molecule has 0 unspecified atom stereocenters. The Bertz CT molecular complexity index is 252. The summed E-state index contributed by atoms with van der Waals surface area (Å²) in [4.78, 5) is 0. The minimum Gasteiger partial charge on any atom is -0.100 e. The molecule has 18 heavy (non-hydrogen) atoms. The first-order valence-electron chi connectivity index (χ1n) is 6.86. The lowest BCUT2D eigenvalue weighted by Gasteiger charge is -2.17. The Hall–Kier alpha value is -1.04. The van der Waals surface area contributed by atoms with Gasteiger partial charge >= 0.3 is 0 Å². The van der Waals surface area contributed by atoms with Crippen molar-refractivity contribution in [2.75, 3.05) is 0 Å². The number of hydrogen-bond donors (Lipinski definition) is 0. The molecule has 104 valence electrons. The van der Waals surface area contributed by atoms with E-state index in [9.17, 15) is 0 Å². The third-order valence-electron chi connectivity index (χ3n) is 2.07. The van der Waals surface area contributed by atoms with E-state index < -0.39 is 0 Å². The molecule has 0 amide bonds. The van der Waals surface area contributed by atoms with Crippen LogP contribution in [-0.4, -0.2) is 0 Å². The maximum atomic E-state index is 3.84. The molecular formula is C18H32. The summed E-state index contributed by atoms with van der Waals surface area (Å²) < 4.78 is 0. The molecule has 0 aromatic rings. The van der Waals surface area contributed by atoms with E-state index in [0.717, 1.165) is 6.42 Å². The summed E-state index contributed by atoms with van der Waals surface area (Å²) in [5.41, 5.74) is 1.70. The second-order valence-corrected chi connectivity index (χ2v) is 5.86. The van der Waals surface area contributed by atoms with Gasteiger partial charge in [-0.3, -0.25) is 0 Å². The minimum atomic E-state index is 0.422. The Morgan fingerprint density at radius 1 is 1.22 bits per heavy atom. The molecule has 0 radical (unpaired) electrons. The van der Waals surface area contributed by atoms with Gasteiger partial charge in [0.25, 0.3) is 0 Å². The number of allylic oxidation sites excluding steroid dienone is 6. The van der Waals surface area contributed by atoms with Crippen molar-refractivity contribution in [1.29, 1.82) is 0 Å². The normalized spacial score (nSPS) is 13.4. The van der Waals surface area contributed by atoms with Crippen LogP contribution < -0.4 is 0 Å². The molecule has 0 fully saturated rings. The van der Waals surface area contributed by atoms with Gasteiger partial charge in [-0.05, 0) is 44.9 Å². The van der Waals surface area contributed by atoms with Gasteiger partial charge in [0, 0.05) is 0 Å². The zero-order chi connectivity index (χ0) is 14.4. The third-order valence-corrected chi connectivity index (χ3v) is 2.07. The molecule has 0 aliphatic heterocycles. The highest BCUT2D eigenvalue weighted by molar-refractivity contribution is 4.94. The van der Waals surface area contributed by atoms with Crippen molar-refractivity contribution >= 4 is 0 Å². The van der Waals surface area contributed by atoms with E-state index in [0.29, 0.717) is 5.41 Å². The van der Waals surface area contributed by atoms with Gasteiger partial charge in [-0.15, -0.1) is 6.58 Å². The summed E-state index contributed by atoms with van der Waals surface area (Å²) in [7, 11) is 0. The zero-order valence-electron chi connectivity index (χ0n) is 13.1. The molecule has 0 saturated carbocycles. The van der Waals surface area contributed by atoms with Crippen LogP contribution in [-0.2, 0) is 0 Å². The van der Waals surface area contributed by atoms with Crippen LogP contribution in [0.25, 0.3) is 0 Å². The molecule has 0 atom stereocenters. The topological polar surface area (TPSA) is 0 Å². The maximum absolute atomic E-state index is 3.84. The summed E-state index contributed by atoms with van der Waals surface area (Å²) in [6, 6.07) is 0. The van der Waals surface area contributed by atoms with Gasteiger partial charge in [0.05, 0.1) is 0 Å². The average molecular weight is 248 g/mol. The van der Waals surface area contributed by atoms with Crippen LogP contribution in [0.1, 0.15) is 60.3 Å². The standard InChI is InChI=1S/C8H16.2C5H8/c1-7(2)6-8(3,4)5;1-2-4-5-3-1;1-3-5-4-2/h1,6H2,2-5H3;1-2H,3-5H2;3-5H,1H2,2H3/b;;5-4+. The van der Waals surface area contributed by atoms with E-state index in [1.54, 1.807) is 6.08 Å². The Labute approximate surface area is 115 Å². The molecule has 1 rings (SSSR count). The van der Waals surface area contributed by atoms with E-state index in [-0.39, 0.29) is 0 Å². The summed E-state index contributed by atoms with van der Waals surface area (Å²) in [6.45, 7) is 18.0. The van der Waals surface area contributed by atoms with E-state index in [1.807, 2.05) is 19.1 Å². The summed E-state index contributed by atoms with van der Waals surface area (Å²) in [6.07, 6.45) is 15.2. The molecule has 1 aliphatic rings. The second kappa shape index (κ2) is 12.4. The van der Waals surface area contributed by atoms with Gasteiger partial charge in [0.15, 0.2) is 0 Å². The lowest BCUT2D eigenvalue weighted by atomic mass is 9.89.